The predicted octanol–water partition coefficient (Wildman–Crippen LogP) is 3.06. The van der Waals surface area contributed by atoms with Crippen LogP contribution in [-0.4, -0.2) is 33.0 Å². The monoisotopic (exact) mass is 411 g/mol. The van der Waals surface area contributed by atoms with Crippen LogP contribution in [0.2, 0.25) is 5.02 Å². The smallest absolute Gasteiger partial charge is 0.270 e. The Morgan fingerprint density at radius 1 is 1.33 bits per heavy atom. The first-order valence-electron chi connectivity index (χ1n) is 8.11. The van der Waals surface area contributed by atoms with Gasteiger partial charge < -0.3 is 5.32 Å². The normalized spacial score (nSPS) is 11.9. The molecule has 1 aromatic carbocycles. The number of amides is 2. The van der Waals surface area contributed by atoms with Gasteiger partial charge in [-0.25, -0.2) is 0 Å². The summed E-state index contributed by atoms with van der Waals surface area (Å²) >= 11 is 7.24. The van der Waals surface area contributed by atoms with Crippen LogP contribution >= 0.6 is 22.9 Å². The summed E-state index contributed by atoms with van der Waals surface area (Å²) in [6, 6.07) is 2.68. The van der Waals surface area contributed by atoms with E-state index in [-0.39, 0.29) is 22.2 Å². The zero-order valence-corrected chi connectivity index (χ0v) is 16.4. The second-order valence-electron chi connectivity index (χ2n) is 5.96. The number of halogens is 1. The van der Waals surface area contributed by atoms with Crippen LogP contribution in [0, 0.1) is 16.0 Å². The maximum absolute atomic E-state index is 12.5. The van der Waals surface area contributed by atoms with E-state index in [1.54, 1.807) is 13.8 Å². The summed E-state index contributed by atoms with van der Waals surface area (Å²) in [5, 5.41) is 24.9. The van der Waals surface area contributed by atoms with Gasteiger partial charge in [0.15, 0.2) is 0 Å². The Kier molecular flexibility index (Phi) is 6.81. The molecule has 2 aromatic rings. The minimum Gasteiger partial charge on any atom is -0.340 e. The third-order valence-electron chi connectivity index (χ3n) is 3.64. The van der Waals surface area contributed by atoms with Crippen LogP contribution in [0.4, 0.5) is 10.8 Å². The highest BCUT2D eigenvalue weighted by atomic mass is 35.5. The lowest BCUT2D eigenvalue weighted by atomic mass is 10.0. The van der Waals surface area contributed by atoms with Gasteiger partial charge in [0, 0.05) is 12.1 Å². The SMILES string of the molecule is CCc1nnc(NC(=O)C(NC(=O)c2ccc([N+](=O)[O-])cc2Cl)C(C)C)s1. The van der Waals surface area contributed by atoms with Crippen LogP contribution in [0.15, 0.2) is 18.2 Å². The van der Waals surface area contributed by atoms with E-state index in [0.29, 0.717) is 11.6 Å². The maximum Gasteiger partial charge on any atom is 0.270 e. The molecule has 0 bridgehead atoms. The van der Waals surface area contributed by atoms with Gasteiger partial charge in [0.1, 0.15) is 11.0 Å². The average molecular weight is 412 g/mol. The van der Waals surface area contributed by atoms with Crippen molar-refractivity contribution in [3.63, 3.8) is 0 Å². The van der Waals surface area contributed by atoms with Crippen molar-refractivity contribution in [2.45, 2.75) is 33.2 Å². The molecule has 0 saturated heterocycles. The van der Waals surface area contributed by atoms with Gasteiger partial charge in [0.25, 0.3) is 11.6 Å². The van der Waals surface area contributed by atoms with Crippen LogP contribution in [0.5, 0.6) is 0 Å². The molecule has 2 amide bonds. The zero-order chi connectivity index (χ0) is 20.1. The second-order valence-corrected chi connectivity index (χ2v) is 7.43. The van der Waals surface area contributed by atoms with Crippen LogP contribution < -0.4 is 10.6 Å². The Balaban J connectivity index is 2.14. The molecule has 0 radical (unpaired) electrons. The number of hydrogen-bond donors (Lipinski definition) is 2. The molecule has 2 N–H and O–H groups in total. The van der Waals surface area contributed by atoms with Crippen LogP contribution in [-0.2, 0) is 11.2 Å². The molecule has 1 atom stereocenters. The number of aryl methyl sites for hydroxylation is 1. The molecule has 0 saturated carbocycles. The minimum atomic E-state index is -0.849. The highest BCUT2D eigenvalue weighted by molar-refractivity contribution is 7.15. The van der Waals surface area contributed by atoms with Crippen LogP contribution in [0.3, 0.4) is 0 Å². The van der Waals surface area contributed by atoms with Crippen molar-refractivity contribution in [2.24, 2.45) is 5.92 Å². The van der Waals surface area contributed by atoms with Gasteiger partial charge in [-0.1, -0.05) is 43.7 Å². The molecule has 9 nitrogen and oxygen atoms in total. The van der Waals surface area contributed by atoms with Crippen molar-refractivity contribution >= 4 is 45.6 Å². The topological polar surface area (TPSA) is 127 Å². The summed E-state index contributed by atoms with van der Waals surface area (Å²) in [6.07, 6.45) is 0.705. The van der Waals surface area contributed by atoms with E-state index in [2.05, 4.69) is 20.8 Å². The molecule has 0 spiro atoms. The number of carbonyl (C=O) groups excluding carboxylic acids is 2. The summed E-state index contributed by atoms with van der Waals surface area (Å²) in [6.45, 7) is 5.48. The van der Waals surface area contributed by atoms with Gasteiger partial charge in [0.05, 0.1) is 15.5 Å². The van der Waals surface area contributed by atoms with Crippen molar-refractivity contribution < 1.29 is 14.5 Å². The van der Waals surface area contributed by atoms with Crippen molar-refractivity contribution in [2.75, 3.05) is 5.32 Å². The van der Waals surface area contributed by atoms with E-state index in [0.717, 1.165) is 11.1 Å². The first-order valence-corrected chi connectivity index (χ1v) is 9.30. The molecule has 0 aliphatic carbocycles. The fraction of sp³-hybridized carbons (Fsp3) is 0.375. The van der Waals surface area contributed by atoms with E-state index in [4.69, 9.17) is 11.6 Å². The molecule has 1 unspecified atom stereocenters. The molecule has 2 rings (SSSR count). The average Bonchev–Trinajstić information content (AvgIpc) is 3.06. The van der Waals surface area contributed by atoms with Crippen LogP contribution in [0.25, 0.3) is 0 Å². The Bertz CT molecular complexity index is 870. The molecular formula is C16H18ClN5O4S. The summed E-state index contributed by atoms with van der Waals surface area (Å²) in [7, 11) is 0. The molecule has 1 aromatic heterocycles. The Morgan fingerprint density at radius 3 is 2.56 bits per heavy atom. The number of nitro groups is 1. The quantitative estimate of drug-likeness (QED) is 0.532. The number of nitro benzene ring substituents is 1. The number of non-ortho nitro benzene ring substituents is 1. The van der Waals surface area contributed by atoms with Gasteiger partial charge in [-0.15, -0.1) is 10.2 Å². The van der Waals surface area contributed by atoms with E-state index in [9.17, 15) is 19.7 Å². The molecule has 0 aliphatic heterocycles. The lowest BCUT2D eigenvalue weighted by molar-refractivity contribution is -0.384. The third kappa shape index (κ3) is 5.20. The second kappa shape index (κ2) is 8.87. The number of hydrogen-bond acceptors (Lipinski definition) is 7. The molecule has 0 fully saturated rings. The number of benzene rings is 1. The first kappa shape index (κ1) is 20.7. The number of rotatable bonds is 7. The van der Waals surface area contributed by atoms with Gasteiger partial charge in [-0.3, -0.25) is 25.0 Å². The highest BCUT2D eigenvalue weighted by Crippen LogP contribution is 2.23. The number of aromatic nitrogens is 2. The van der Waals surface area contributed by atoms with Gasteiger partial charge in [-0.05, 0) is 18.4 Å². The number of nitrogens with one attached hydrogen (secondary N) is 2. The molecule has 1 heterocycles. The first-order chi connectivity index (χ1) is 12.7. The lowest BCUT2D eigenvalue weighted by Gasteiger charge is -2.21. The summed E-state index contributed by atoms with van der Waals surface area (Å²) in [4.78, 5) is 35.2. The highest BCUT2D eigenvalue weighted by Gasteiger charge is 2.27. The maximum atomic E-state index is 12.5. The number of nitrogens with zero attached hydrogens (tertiary/aromatic N) is 3. The number of anilines is 1. The van der Waals surface area contributed by atoms with E-state index in [1.807, 2.05) is 6.92 Å². The standard InChI is InChI=1S/C16H18ClN5O4S/c1-4-12-20-21-16(27-12)19-15(24)13(8(2)3)18-14(23)10-6-5-9(22(25)26)7-11(10)17/h5-8,13H,4H2,1-3H3,(H,18,23)(H,19,21,24). The van der Waals surface area contributed by atoms with E-state index < -0.39 is 22.8 Å². The van der Waals surface area contributed by atoms with E-state index >= 15 is 0 Å². The molecular weight excluding hydrogens is 394 g/mol. The fourth-order valence-electron chi connectivity index (χ4n) is 2.19. The Morgan fingerprint density at radius 2 is 2.04 bits per heavy atom. The predicted molar refractivity (Wildman–Crippen MR) is 102 cm³/mol. The van der Waals surface area contributed by atoms with Crippen molar-refractivity contribution in [3.05, 3.63) is 43.9 Å². The van der Waals surface area contributed by atoms with Gasteiger partial charge in [0.2, 0.25) is 11.0 Å². The Labute approximate surface area is 164 Å². The molecule has 144 valence electrons. The zero-order valence-electron chi connectivity index (χ0n) is 14.9. The summed E-state index contributed by atoms with van der Waals surface area (Å²) in [5.41, 5.74) is -0.178. The minimum absolute atomic E-state index is 0.0462. The number of carbonyl (C=O) groups is 2. The van der Waals surface area contributed by atoms with Crippen molar-refractivity contribution in [1.82, 2.24) is 15.5 Å². The van der Waals surface area contributed by atoms with Crippen LogP contribution in [0.1, 0.15) is 36.1 Å². The molecule has 0 aliphatic rings. The van der Waals surface area contributed by atoms with E-state index in [1.165, 1.54) is 23.5 Å². The van der Waals surface area contributed by atoms with Crippen molar-refractivity contribution in [1.29, 1.82) is 0 Å². The third-order valence-corrected chi connectivity index (χ3v) is 4.94. The Hall–Kier alpha value is -2.59. The molecule has 27 heavy (non-hydrogen) atoms. The van der Waals surface area contributed by atoms with Crippen molar-refractivity contribution in [3.8, 4) is 0 Å². The molecule has 11 heteroatoms. The van der Waals surface area contributed by atoms with Gasteiger partial charge in [-0.2, -0.15) is 0 Å². The summed E-state index contributed by atoms with van der Waals surface area (Å²) in [5.74, 6) is -1.25. The lowest BCUT2D eigenvalue weighted by Crippen LogP contribution is -2.47. The largest absolute Gasteiger partial charge is 0.340 e. The fourth-order valence-corrected chi connectivity index (χ4v) is 3.13. The summed E-state index contributed by atoms with van der Waals surface area (Å²) < 4.78 is 0. The van der Waals surface area contributed by atoms with Gasteiger partial charge >= 0.3 is 0 Å².